The number of aromatic nitrogens is 1. The number of nitrogens with zero attached hydrogens (tertiary/aromatic N) is 2. The number of hydrogen-bond acceptors (Lipinski definition) is 2. The van der Waals surface area contributed by atoms with E-state index in [1.54, 1.807) is 9.80 Å². The molecule has 1 aromatic carbocycles. The van der Waals surface area contributed by atoms with Crippen LogP contribution < -0.4 is 5.32 Å². The van der Waals surface area contributed by atoms with Crippen LogP contribution in [0.1, 0.15) is 30.8 Å². The van der Waals surface area contributed by atoms with Crippen LogP contribution in [-0.2, 0) is 0 Å². The number of urea groups is 1. The quantitative estimate of drug-likeness (QED) is 0.908. The second kappa shape index (κ2) is 6.95. The van der Waals surface area contributed by atoms with Crippen LogP contribution in [0.15, 0.2) is 30.3 Å². The summed E-state index contributed by atoms with van der Waals surface area (Å²) in [5.41, 5.74) is 1.57. The number of para-hydroxylation sites is 1. The number of rotatable bonds is 3. The van der Waals surface area contributed by atoms with Gasteiger partial charge in [0.25, 0.3) is 5.91 Å². The van der Waals surface area contributed by atoms with Crippen LogP contribution in [0.25, 0.3) is 10.9 Å². The molecule has 2 aromatic rings. The number of carbonyl (C=O) groups excluding carboxylic acids is 2. The van der Waals surface area contributed by atoms with Crippen molar-refractivity contribution in [2.45, 2.75) is 26.3 Å². The number of aromatic amines is 1. The van der Waals surface area contributed by atoms with Gasteiger partial charge in [-0.25, -0.2) is 4.79 Å². The number of H-pyrrole nitrogens is 1. The van der Waals surface area contributed by atoms with Gasteiger partial charge in [0.15, 0.2) is 0 Å². The molecule has 1 fully saturated rings. The number of nitrogens with one attached hydrogen (secondary N) is 2. The van der Waals surface area contributed by atoms with Gasteiger partial charge >= 0.3 is 6.03 Å². The smallest absolute Gasteiger partial charge is 0.317 e. The molecule has 6 nitrogen and oxygen atoms in total. The zero-order valence-corrected chi connectivity index (χ0v) is 14.2. The minimum Gasteiger partial charge on any atom is -0.351 e. The average Bonchev–Trinajstić information content (AvgIpc) is 3.05. The fraction of sp³-hybridized carbons (Fsp3) is 0.444. The van der Waals surface area contributed by atoms with Crippen molar-refractivity contribution in [1.29, 1.82) is 0 Å². The molecular formula is C18H24N4O2. The number of piperazine rings is 1. The maximum Gasteiger partial charge on any atom is 0.317 e. The summed E-state index contributed by atoms with van der Waals surface area (Å²) in [5, 5.41) is 4.00. The molecule has 1 aromatic heterocycles. The molecule has 1 saturated heterocycles. The number of hydrogen-bond donors (Lipinski definition) is 2. The zero-order chi connectivity index (χ0) is 17.1. The second-order valence-corrected chi connectivity index (χ2v) is 6.31. The fourth-order valence-corrected chi connectivity index (χ4v) is 2.88. The molecule has 128 valence electrons. The summed E-state index contributed by atoms with van der Waals surface area (Å²) in [6.45, 7) is 6.28. The number of benzene rings is 1. The van der Waals surface area contributed by atoms with Gasteiger partial charge in [-0.05, 0) is 25.5 Å². The third-order valence-electron chi connectivity index (χ3n) is 4.60. The first kappa shape index (κ1) is 16.4. The van der Waals surface area contributed by atoms with Crippen molar-refractivity contribution in [2.24, 2.45) is 0 Å². The molecule has 6 heteroatoms. The van der Waals surface area contributed by atoms with Crippen molar-refractivity contribution in [3.8, 4) is 0 Å². The third-order valence-corrected chi connectivity index (χ3v) is 4.60. The van der Waals surface area contributed by atoms with Crippen molar-refractivity contribution in [1.82, 2.24) is 20.1 Å². The first-order valence-corrected chi connectivity index (χ1v) is 8.51. The molecular weight excluding hydrogens is 304 g/mol. The molecule has 0 radical (unpaired) electrons. The minimum atomic E-state index is -0.0398. The predicted molar refractivity (Wildman–Crippen MR) is 94.1 cm³/mol. The SMILES string of the molecule is CC[C@@H](C)NC(=O)N1CCN(C(=O)c2cc3ccccc3[nH]2)CC1. The van der Waals surface area contributed by atoms with E-state index in [4.69, 9.17) is 0 Å². The van der Waals surface area contributed by atoms with Crippen molar-refractivity contribution in [3.63, 3.8) is 0 Å². The molecule has 0 aliphatic carbocycles. The molecule has 0 bridgehead atoms. The van der Waals surface area contributed by atoms with E-state index in [-0.39, 0.29) is 18.0 Å². The lowest BCUT2D eigenvalue weighted by Gasteiger charge is -2.35. The van der Waals surface area contributed by atoms with E-state index < -0.39 is 0 Å². The van der Waals surface area contributed by atoms with Crippen LogP contribution in [0, 0.1) is 0 Å². The lowest BCUT2D eigenvalue weighted by Crippen LogP contribution is -2.54. The second-order valence-electron chi connectivity index (χ2n) is 6.31. The highest BCUT2D eigenvalue weighted by Gasteiger charge is 2.26. The largest absolute Gasteiger partial charge is 0.351 e. The maximum absolute atomic E-state index is 12.6. The molecule has 0 spiro atoms. The summed E-state index contributed by atoms with van der Waals surface area (Å²) >= 11 is 0. The van der Waals surface area contributed by atoms with Crippen molar-refractivity contribution < 1.29 is 9.59 Å². The Labute approximate surface area is 141 Å². The van der Waals surface area contributed by atoms with E-state index >= 15 is 0 Å². The Morgan fingerprint density at radius 1 is 1.17 bits per heavy atom. The summed E-state index contributed by atoms with van der Waals surface area (Å²) in [6.07, 6.45) is 0.907. The van der Waals surface area contributed by atoms with E-state index in [1.807, 2.05) is 44.2 Å². The van der Waals surface area contributed by atoms with Gasteiger partial charge < -0.3 is 20.1 Å². The summed E-state index contributed by atoms with van der Waals surface area (Å²) in [6, 6.07) is 9.87. The summed E-state index contributed by atoms with van der Waals surface area (Å²) in [5.74, 6) is -0.00631. The van der Waals surface area contributed by atoms with Crippen molar-refractivity contribution in [2.75, 3.05) is 26.2 Å². The molecule has 24 heavy (non-hydrogen) atoms. The Morgan fingerprint density at radius 3 is 2.50 bits per heavy atom. The van der Waals surface area contributed by atoms with Crippen LogP contribution in [0.2, 0.25) is 0 Å². The van der Waals surface area contributed by atoms with Gasteiger partial charge in [-0.1, -0.05) is 25.1 Å². The van der Waals surface area contributed by atoms with Crippen LogP contribution >= 0.6 is 0 Å². The normalized spacial score (nSPS) is 16.2. The summed E-state index contributed by atoms with van der Waals surface area (Å²) in [7, 11) is 0. The van der Waals surface area contributed by atoms with Crippen LogP contribution in [0.3, 0.4) is 0 Å². The molecule has 0 unspecified atom stereocenters. The molecule has 3 rings (SSSR count). The highest BCUT2D eigenvalue weighted by atomic mass is 16.2. The van der Waals surface area contributed by atoms with Gasteiger partial charge in [-0.3, -0.25) is 4.79 Å². The molecule has 1 aliphatic rings. The Bertz CT molecular complexity index is 698. The predicted octanol–water partition coefficient (Wildman–Crippen LogP) is 2.43. The molecule has 1 atom stereocenters. The Balaban J connectivity index is 1.60. The van der Waals surface area contributed by atoms with Crippen molar-refractivity contribution >= 4 is 22.8 Å². The number of amides is 3. The van der Waals surface area contributed by atoms with Gasteiger partial charge in [-0.15, -0.1) is 0 Å². The highest BCUT2D eigenvalue weighted by molar-refractivity contribution is 5.98. The molecule has 2 N–H and O–H groups in total. The number of fused-ring (bicyclic) bond motifs is 1. The maximum atomic E-state index is 12.6. The third kappa shape index (κ3) is 3.37. The summed E-state index contributed by atoms with van der Waals surface area (Å²) in [4.78, 5) is 31.5. The minimum absolute atomic E-state index is 0.00631. The van der Waals surface area contributed by atoms with Crippen molar-refractivity contribution in [3.05, 3.63) is 36.0 Å². The van der Waals surface area contributed by atoms with Gasteiger partial charge in [0, 0.05) is 43.1 Å². The Kier molecular flexibility index (Phi) is 4.74. The van der Waals surface area contributed by atoms with Gasteiger partial charge in [0.1, 0.15) is 5.69 Å². The van der Waals surface area contributed by atoms with Crippen LogP contribution in [0.4, 0.5) is 4.79 Å². The first-order chi connectivity index (χ1) is 11.6. The highest BCUT2D eigenvalue weighted by Crippen LogP contribution is 2.17. The lowest BCUT2D eigenvalue weighted by molar-refractivity contribution is 0.0659. The fourth-order valence-electron chi connectivity index (χ4n) is 2.88. The first-order valence-electron chi connectivity index (χ1n) is 8.51. The molecule has 3 amide bonds. The Morgan fingerprint density at radius 2 is 1.83 bits per heavy atom. The van der Waals surface area contributed by atoms with Crippen LogP contribution in [-0.4, -0.2) is 58.9 Å². The molecule has 1 aliphatic heterocycles. The number of carbonyl (C=O) groups is 2. The van der Waals surface area contributed by atoms with Gasteiger partial charge in [0.05, 0.1) is 0 Å². The average molecular weight is 328 g/mol. The van der Waals surface area contributed by atoms with Crippen LogP contribution in [0.5, 0.6) is 0 Å². The standard InChI is InChI=1S/C18H24N4O2/c1-3-13(2)19-18(24)22-10-8-21(9-11-22)17(23)16-12-14-6-4-5-7-15(14)20-16/h4-7,12-13,20H,3,8-11H2,1-2H3,(H,19,24)/t13-/m1/s1. The summed E-state index contributed by atoms with van der Waals surface area (Å²) < 4.78 is 0. The van der Waals surface area contributed by atoms with E-state index in [2.05, 4.69) is 10.3 Å². The van der Waals surface area contributed by atoms with E-state index in [0.29, 0.717) is 31.9 Å². The van der Waals surface area contributed by atoms with E-state index in [0.717, 1.165) is 17.3 Å². The van der Waals surface area contributed by atoms with E-state index in [1.165, 1.54) is 0 Å². The topological polar surface area (TPSA) is 68.4 Å². The molecule has 2 heterocycles. The van der Waals surface area contributed by atoms with Gasteiger partial charge in [0.2, 0.25) is 0 Å². The zero-order valence-electron chi connectivity index (χ0n) is 14.2. The van der Waals surface area contributed by atoms with E-state index in [9.17, 15) is 9.59 Å². The lowest BCUT2D eigenvalue weighted by atomic mass is 10.2. The Hall–Kier alpha value is -2.50. The molecule has 0 saturated carbocycles. The van der Waals surface area contributed by atoms with Gasteiger partial charge in [-0.2, -0.15) is 0 Å². The monoisotopic (exact) mass is 328 g/mol.